The molecule has 0 bridgehead atoms. The Bertz CT molecular complexity index is 3910. The molecule has 9 aromatic rings. The van der Waals surface area contributed by atoms with Crippen molar-refractivity contribution in [1.82, 2.24) is 18.9 Å². The summed E-state index contributed by atoms with van der Waals surface area (Å²) in [6, 6.07) is 22.9. The molecule has 0 atom stereocenters. The van der Waals surface area contributed by atoms with Crippen LogP contribution in [0.2, 0.25) is 0 Å². The Kier molecular flexibility index (Phi) is 6.03. The van der Waals surface area contributed by atoms with Gasteiger partial charge < -0.3 is 18.7 Å². The topological polar surface area (TPSA) is 39.1 Å². The van der Waals surface area contributed by atoms with Crippen molar-refractivity contribution in [2.24, 2.45) is 6.98 Å². The van der Waals surface area contributed by atoms with Crippen molar-refractivity contribution >= 4 is 45.8 Å². The Morgan fingerprint density at radius 3 is 2.23 bits per heavy atom. The molecule has 0 unspecified atom stereocenters. The third-order valence-electron chi connectivity index (χ3n) is 11.3. The van der Waals surface area contributed by atoms with E-state index in [0.29, 0.717) is 17.2 Å². The number of para-hydroxylation sites is 1. The largest absolute Gasteiger partial charge is 0.458 e. The first-order valence-electron chi connectivity index (χ1n) is 27.1. The smallest absolute Gasteiger partial charge is 0.312 e. The van der Waals surface area contributed by atoms with Crippen LogP contribution in [0.1, 0.15) is 51.2 Å². The SMILES string of the molecule is [2H]C1=C2C=CC=CN2B(c2c(-c3c([2H])c([2H])c([2H])c([2H])c3[2H])cccc2-c2c([2H])c([2H])c([2H])c([2H])c2[2H])c2c1n(-c1cccc(Oc3ccc4c5ccccc5n(-c5cc(C(C)(C)C)ccn5)c4c3)c1)[c-][n+]2C([2H])([2H])[2H]. The lowest BCUT2D eigenvalue weighted by atomic mass is 9.46. The fourth-order valence-corrected chi connectivity index (χ4v) is 8.45. The molecule has 3 aromatic heterocycles. The molecule has 2 aliphatic rings. The Morgan fingerprint density at radius 1 is 0.742 bits per heavy atom. The predicted octanol–water partition coefficient (Wildman–Crippen LogP) is 10.9. The van der Waals surface area contributed by atoms with Gasteiger partial charge in [0.15, 0.2) is 0 Å². The molecule has 11 rings (SSSR count). The summed E-state index contributed by atoms with van der Waals surface area (Å²) in [5, 5.41) is 2.01. The molecule has 0 spiro atoms. The third kappa shape index (κ3) is 6.36. The summed E-state index contributed by atoms with van der Waals surface area (Å²) in [6.07, 6.45) is 11.4. The van der Waals surface area contributed by atoms with E-state index in [1.807, 2.05) is 42.6 Å². The molecule has 0 saturated heterocycles. The second-order valence-corrected chi connectivity index (χ2v) is 16.1. The number of aryl methyl sites for hydroxylation is 1. The van der Waals surface area contributed by atoms with Crippen LogP contribution in [0.25, 0.3) is 61.6 Å². The molecule has 0 radical (unpaired) electrons. The average Bonchev–Trinajstić information content (AvgIpc) is 4.12. The van der Waals surface area contributed by atoms with Crippen LogP contribution in [-0.4, -0.2) is 25.8 Å². The zero-order valence-corrected chi connectivity index (χ0v) is 33.8. The Morgan fingerprint density at radius 2 is 1.47 bits per heavy atom. The number of aromatic nitrogens is 4. The van der Waals surface area contributed by atoms with Gasteiger partial charge in [0.05, 0.1) is 42.9 Å². The second kappa shape index (κ2) is 14.8. The number of benzene rings is 6. The van der Waals surface area contributed by atoms with Crippen molar-refractivity contribution in [3.8, 4) is 45.3 Å². The van der Waals surface area contributed by atoms with Gasteiger partial charge in [-0.2, -0.15) is 0 Å². The first kappa shape index (κ1) is 25.2. The third-order valence-corrected chi connectivity index (χ3v) is 11.3. The van der Waals surface area contributed by atoms with Crippen LogP contribution < -0.4 is 20.4 Å². The normalized spacial score (nSPS) is 17.0. The predicted molar refractivity (Wildman–Crippen MR) is 254 cm³/mol. The quantitative estimate of drug-likeness (QED) is 0.0914. The van der Waals surface area contributed by atoms with Crippen molar-refractivity contribution < 1.29 is 28.5 Å². The number of rotatable bonds is 7. The lowest BCUT2D eigenvalue weighted by molar-refractivity contribution is -0.658. The van der Waals surface area contributed by atoms with Crippen LogP contribution in [0.15, 0.2) is 194 Å². The van der Waals surface area contributed by atoms with Gasteiger partial charge in [-0.05, 0) is 106 Å². The van der Waals surface area contributed by atoms with Crippen molar-refractivity contribution in [3.63, 3.8) is 0 Å². The lowest BCUT2D eigenvalue weighted by Gasteiger charge is -2.38. The summed E-state index contributed by atoms with van der Waals surface area (Å²) in [6.45, 7) is 2.05. The van der Waals surface area contributed by atoms with Crippen LogP contribution >= 0.6 is 0 Å². The minimum atomic E-state index is -3.01. The summed E-state index contributed by atoms with van der Waals surface area (Å²) in [5.41, 5.74) is 2.82. The molecule has 2 aliphatic heterocycles. The Balaban J connectivity index is 1.13. The van der Waals surface area contributed by atoms with E-state index in [9.17, 15) is 1.37 Å². The van der Waals surface area contributed by atoms with Gasteiger partial charge in [-0.25, -0.2) is 4.98 Å². The number of fused-ring (bicyclic) bond motifs is 5. The molecule has 0 saturated carbocycles. The van der Waals surface area contributed by atoms with Gasteiger partial charge in [-0.3, -0.25) is 4.57 Å². The molecule has 0 amide bonds. The minimum absolute atomic E-state index is 0.0121. The first-order valence-corrected chi connectivity index (χ1v) is 20.1. The summed E-state index contributed by atoms with van der Waals surface area (Å²) < 4.78 is 136. The van der Waals surface area contributed by atoms with Crippen LogP contribution in [0.3, 0.4) is 0 Å². The van der Waals surface area contributed by atoms with Crippen LogP contribution in [0, 0.1) is 6.33 Å². The van der Waals surface area contributed by atoms with Crippen molar-refractivity contribution in [2.75, 3.05) is 0 Å². The number of nitrogens with zero attached hydrogens (tertiary/aromatic N) is 5. The van der Waals surface area contributed by atoms with Crippen molar-refractivity contribution in [2.45, 2.75) is 26.2 Å². The monoisotopic (exact) mass is 815 g/mol. The maximum Gasteiger partial charge on any atom is 0.312 e. The van der Waals surface area contributed by atoms with Gasteiger partial charge in [-0.15, -0.1) is 0 Å². The number of allylic oxidation sites excluding steroid dienone is 3. The summed E-state index contributed by atoms with van der Waals surface area (Å²) in [5.74, 6) is 1.58. The zero-order valence-electron chi connectivity index (χ0n) is 47.8. The molecule has 0 N–H and O–H groups in total. The molecule has 0 fully saturated rings. The van der Waals surface area contributed by atoms with Crippen molar-refractivity contribution in [1.29, 1.82) is 0 Å². The highest BCUT2D eigenvalue weighted by molar-refractivity contribution is 6.85. The minimum Gasteiger partial charge on any atom is -0.458 e. The van der Waals surface area contributed by atoms with Gasteiger partial charge in [0, 0.05) is 40.0 Å². The number of pyridine rings is 1. The first-order chi connectivity index (χ1) is 36.1. The second-order valence-electron chi connectivity index (χ2n) is 16.1. The van der Waals surface area contributed by atoms with E-state index >= 15 is 0 Å². The van der Waals surface area contributed by atoms with Gasteiger partial charge in [-0.1, -0.05) is 136 Å². The summed E-state index contributed by atoms with van der Waals surface area (Å²) >= 11 is 0. The van der Waals surface area contributed by atoms with E-state index in [0.717, 1.165) is 37.8 Å². The standard InChI is InChI=1S/C55H44BN5O/c1-55(2,3)40-30-31-57-52(33-40)61-49-27-12-11-24-47(49)48-29-28-44(36-50(48)61)62-43-23-15-22-41(34-43)59-37-58(4)54-51(59)35-42-21-13-14-32-60(42)56(54)53-45(38-17-7-5-8-18-38)25-16-26-46(53)39-19-9-6-10-20-39/h5-36H,1-4H3/i4D3,5D,6D,7D,8D,9D,10D,17D,18D,19D,20D,35D. The Hall–Kier alpha value is -7.64. The molecular formula is C55H44BN5O. The highest BCUT2D eigenvalue weighted by Gasteiger charge is 2.39. The Labute approximate surface area is 382 Å². The number of hydrogen-bond donors (Lipinski definition) is 0. The average molecular weight is 816 g/mol. The van der Waals surface area contributed by atoms with E-state index in [1.165, 1.54) is 22.8 Å². The molecular weight excluding hydrogens is 757 g/mol. The van der Waals surface area contributed by atoms with Crippen LogP contribution in [0.5, 0.6) is 11.5 Å². The zero-order chi connectivity index (χ0) is 54.0. The molecule has 5 heterocycles. The summed E-state index contributed by atoms with van der Waals surface area (Å²) in [7, 11) is 0. The van der Waals surface area contributed by atoms with E-state index in [2.05, 4.69) is 49.9 Å². The molecule has 7 heteroatoms. The maximum atomic E-state index is 9.88. The van der Waals surface area contributed by atoms with Gasteiger partial charge in [0.25, 0.3) is 0 Å². The summed E-state index contributed by atoms with van der Waals surface area (Å²) in [4.78, 5) is 6.41. The van der Waals surface area contributed by atoms with E-state index in [1.54, 1.807) is 53.5 Å². The van der Waals surface area contributed by atoms with Crippen LogP contribution in [-0.2, 0) is 12.4 Å². The fraction of sp³-hybridized carbons (Fsp3) is 0.0909. The van der Waals surface area contributed by atoms with Gasteiger partial charge in [0.2, 0.25) is 6.33 Å². The van der Waals surface area contributed by atoms with Gasteiger partial charge in [0.1, 0.15) is 17.3 Å². The maximum absolute atomic E-state index is 9.88. The van der Waals surface area contributed by atoms with Crippen LogP contribution in [0.4, 0.5) is 0 Å². The number of imidazole rings is 1. The molecule has 6 nitrogen and oxygen atoms in total. The highest BCUT2D eigenvalue weighted by atomic mass is 16.5. The molecule has 0 aliphatic carbocycles. The number of hydrogen-bond acceptors (Lipinski definition) is 3. The molecule has 6 aromatic carbocycles. The van der Waals surface area contributed by atoms with Gasteiger partial charge >= 0.3 is 6.85 Å². The lowest BCUT2D eigenvalue weighted by Crippen LogP contribution is -2.66. The van der Waals surface area contributed by atoms with E-state index in [4.69, 9.17) is 27.5 Å². The molecule has 62 heavy (non-hydrogen) atoms. The highest BCUT2D eigenvalue weighted by Crippen LogP contribution is 2.37. The van der Waals surface area contributed by atoms with Crippen molar-refractivity contribution in [3.05, 3.63) is 211 Å². The molecule has 298 valence electrons. The van der Waals surface area contributed by atoms with E-state index in [-0.39, 0.29) is 56.2 Å². The van der Waals surface area contributed by atoms with E-state index < -0.39 is 74.2 Å². The number of ether oxygens (including phenoxy) is 1. The fourth-order valence-electron chi connectivity index (χ4n) is 8.45.